The minimum atomic E-state index is -1.57. The van der Waals surface area contributed by atoms with Crippen LogP contribution in [0.3, 0.4) is 0 Å². The molecule has 0 aliphatic carbocycles. The Labute approximate surface area is 192 Å². The van der Waals surface area contributed by atoms with E-state index in [9.17, 15) is 10.2 Å². The van der Waals surface area contributed by atoms with Gasteiger partial charge in [0.2, 0.25) is 0 Å². The zero-order chi connectivity index (χ0) is 23.4. The second-order valence-corrected chi connectivity index (χ2v) is 10.7. The van der Waals surface area contributed by atoms with E-state index in [2.05, 4.69) is 20.6 Å². The number of fused-ring (bicyclic) bond motifs is 10. The Morgan fingerprint density at radius 2 is 1.12 bits per heavy atom. The first kappa shape index (κ1) is 20.2. The van der Waals surface area contributed by atoms with E-state index in [1.165, 1.54) is 0 Å². The van der Waals surface area contributed by atoms with Crippen LogP contribution in [-0.4, -0.2) is 88.8 Å². The molecule has 6 aliphatic rings. The van der Waals surface area contributed by atoms with Crippen LogP contribution in [-0.2, 0) is 52.7 Å². The Morgan fingerprint density at radius 1 is 0.706 bits per heavy atom. The molecule has 8 heterocycles. The normalized spacial score (nSPS) is 46.3. The third-order valence-electron chi connectivity index (χ3n) is 7.69. The monoisotopic (exact) mass is 476 g/mol. The van der Waals surface area contributed by atoms with E-state index in [0.717, 1.165) is 0 Å². The first-order valence-electron chi connectivity index (χ1n) is 11.4. The molecule has 182 valence electrons. The highest BCUT2D eigenvalue weighted by molar-refractivity contribution is 5.64. The molecule has 8 rings (SSSR count). The smallest absolute Gasteiger partial charge is 0.191 e. The summed E-state index contributed by atoms with van der Waals surface area (Å²) >= 11 is 0. The van der Waals surface area contributed by atoms with E-state index in [1.54, 1.807) is 37.1 Å². The highest BCUT2D eigenvalue weighted by Crippen LogP contribution is 2.56. The first-order chi connectivity index (χ1) is 16.0. The van der Waals surface area contributed by atoms with Crippen molar-refractivity contribution >= 4 is 0 Å². The Hall–Kier alpha value is -2.04. The lowest BCUT2D eigenvalue weighted by atomic mass is 9.86. The molecule has 0 radical (unpaired) electrons. The molecule has 0 aromatic carbocycles. The molecule has 2 unspecified atom stereocenters. The van der Waals surface area contributed by atoms with Crippen LogP contribution < -0.4 is 0 Å². The number of aliphatic hydroxyl groups is 2. The van der Waals surface area contributed by atoms with Gasteiger partial charge in [0.05, 0.1) is 13.1 Å². The standard InChI is InChI=1S/C20H24N6O8/c1-17(2)31-13-15(33-17)29-7-5-25-11(19(7,13)27)9(21-23-25)10-12-20(28)8(6-26(12)24-22-10)30-16-14(20)32-18(3,4)34-16/h7-8,13-16,27-28H,5-6H2,1-4H3/t7?,8?,13-,14+,15+,16-,19-,20+. The van der Waals surface area contributed by atoms with Crippen molar-refractivity contribution in [1.82, 2.24) is 30.0 Å². The van der Waals surface area contributed by atoms with Gasteiger partial charge in [-0.1, -0.05) is 10.4 Å². The SMILES string of the molecule is CC1(C)O[C@@H]2OC3Cn4nnc(-c5nnn6c5[C@@]5(O)C(C6)O[C@@H]6OC(C)(C)O[C@@H]65)c4[C@@]3(O)[C@@H]2O1. The molecule has 0 spiro atoms. The molecule has 4 saturated heterocycles. The molecule has 2 aromatic heterocycles. The van der Waals surface area contributed by atoms with Crippen LogP contribution in [0, 0.1) is 0 Å². The topological polar surface area (TPSA) is 157 Å². The third-order valence-corrected chi connectivity index (χ3v) is 7.69. The van der Waals surface area contributed by atoms with Crippen molar-refractivity contribution in [3.63, 3.8) is 0 Å². The maximum atomic E-state index is 12.0. The average Bonchev–Trinajstić information content (AvgIpc) is 3.56. The Morgan fingerprint density at radius 3 is 1.53 bits per heavy atom. The summed E-state index contributed by atoms with van der Waals surface area (Å²) in [6.07, 6.45) is -4.27. The molecule has 0 amide bonds. The zero-order valence-electron chi connectivity index (χ0n) is 18.9. The van der Waals surface area contributed by atoms with Crippen molar-refractivity contribution in [2.45, 2.75) is 101 Å². The fraction of sp³-hybridized carbons (Fsp3) is 0.800. The van der Waals surface area contributed by atoms with Crippen molar-refractivity contribution in [2.24, 2.45) is 0 Å². The number of rotatable bonds is 1. The minimum Gasteiger partial charge on any atom is -0.378 e. The highest BCUT2D eigenvalue weighted by atomic mass is 16.8. The molecule has 14 nitrogen and oxygen atoms in total. The fourth-order valence-corrected chi connectivity index (χ4v) is 6.40. The minimum absolute atomic E-state index is 0.272. The van der Waals surface area contributed by atoms with Crippen LogP contribution in [0.25, 0.3) is 11.4 Å². The van der Waals surface area contributed by atoms with Gasteiger partial charge in [-0.25, -0.2) is 9.36 Å². The van der Waals surface area contributed by atoms with Gasteiger partial charge in [-0.05, 0) is 27.7 Å². The Bertz CT molecular complexity index is 1150. The number of aromatic nitrogens is 6. The molecule has 6 aliphatic heterocycles. The summed E-state index contributed by atoms with van der Waals surface area (Å²) in [5.74, 6) is -1.83. The summed E-state index contributed by atoms with van der Waals surface area (Å²) < 4.78 is 38.9. The van der Waals surface area contributed by atoms with Gasteiger partial charge in [0.1, 0.15) is 47.2 Å². The van der Waals surface area contributed by atoms with Crippen molar-refractivity contribution < 1.29 is 38.6 Å². The van der Waals surface area contributed by atoms with Gasteiger partial charge in [0.15, 0.2) is 35.4 Å². The first-order valence-corrected chi connectivity index (χ1v) is 11.4. The lowest BCUT2D eigenvalue weighted by Gasteiger charge is -2.29. The third kappa shape index (κ3) is 2.16. The molecule has 4 fully saturated rings. The summed E-state index contributed by atoms with van der Waals surface area (Å²) in [5.41, 5.74) is -1.78. The summed E-state index contributed by atoms with van der Waals surface area (Å²) in [4.78, 5) is 0. The quantitative estimate of drug-likeness (QED) is 0.502. The molecular weight excluding hydrogens is 452 g/mol. The Balaban J connectivity index is 1.26. The molecule has 14 heteroatoms. The second-order valence-electron chi connectivity index (χ2n) is 10.7. The summed E-state index contributed by atoms with van der Waals surface area (Å²) in [6.45, 7) is 7.61. The number of hydrogen-bond acceptors (Lipinski definition) is 12. The predicted octanol–water partition coefficient (Wildman–Crippen LogP) is -1.31. The Kier molecular flexibility index (Phi) is 3.37. The summed E-state index contributed by atoms with van der Waals surface area (Å²) in [5, 5.41) is 41.1. The molecular formula is C20H24N6O8. The van der Waals surface area contributed by atoms with Crippen LogP contribution in [0.2, 0.25) is 0 Å². The van der Waals surface area contributed by atoms with Gasteiger partial charge in [-0.3, -0.25) is 0 Å². The van der Waals surface area contributed by atoms with Crippen LogP contribution in [0.1, 0.15) is 39.1 Å². The van der Waals surface area contributed by atoms with Crippen LogP contribution in [0.15, 0.2) is 0 Å². The van der Waals surface area contributed by atoms with Crippen molar-refractivity contribution in [2.75, 3.05) is 0 Å². The number of hydrogen-bond donors (Lipinski definition) is 2. The lowest BCUT2D eigenvalue weighted by Crippen LogP contribution is -2.45. The van der Waals surface area contributed by atoms with Gasteiger partial charge in [0.25, 0.3) is 0 Å². The van der Waals surface area contributed by atoms with Gasteiger partial charge < -0.3 is 38.6 Å². The van der Waals surface area contributed by atoms with E-state index in [-0.39, 0.29) is 13.1 Å². The van der Waals surface area contributed by atoms with Gasteiger partial charge in [-0.15, -0.1) is 10.2 Å². The highest BCUT2D eigenvalue weighted by Gasteiger charge is 2.71. The van der Waals surface area contributed by atoms with Crippen LogP contribution >= 0.6 is 0 Å². The number of nitrogens with zero attached hydrogens (tertiary/aromatic N) is 6. The largest absolute Gasteiger partial charge is 0.378 e. The van der Waals surface area contributed by atoms with Crippen molar-refractivity contribution in [3.05, 3.63) is 11.4 Å². The van der Waals surface area contributed by atoms with E-state index >= 15 is 0 Å². The second kappa shape index (κ2) is 5.68. The molecule has 34 heavy (non-hydrogen) atoms. The van der Waals surface area contributed by atoms with Gasteiger partial charge in [0, 0.05) is 0 Å². The van der Waals surface area contributed by atoms with Crippen LogP contribution in [0.5, 0.6) is 0 Å². The maximum absolute atomic E-state index is 12.0. The predicted molar refractivity (Wildman–Crippen MR) is 104 cm³/mol. The zero-order valence-corrected chi connectivity index (χ0v) is 18.9. The maximum Gasteiger partial charge on any atom is 0.191 e. The van der Waals surface area contributed by atoms with Gasteiger partial charge >= 0.3 is 0 Å². The van der Waals surface area contributed by atoms with Crippen molar-refractivity contribution in [1.29, 1.82) is 0 Å². The van der Waals surface area contributed by atoms with Gasteiger partial charge in [-0.2, -0.15) is 0 Å². The molecule has 2 aromatic rings. The van der Waals surface area contributed by atoms with E-state index < -0.39 is 59.8 Å². The lowest BCUT2D eigenvalue weighted by molar-refractivity contribution is -0.228. The number of ether oxygens (including phenoxy) is 6. The van der Waals surface area contributed by atoms with E-state index in [4.69, 9.17) is 28.4 Å². The van der Waals surface area contributed by atoms with E-state index in [0.29, 0.717) is 22.8 Å². The van der Waals surface area contributed by atoms with Crippen LogP contribution in [0.4, 0.5) is 0 Å². The van der Waals surface area contributed by atoms with Crippen molar-refractivity contribution in [3.8, 4) is 11.4 Å². The summed E-state index contributed by atoms with van der Waals surface area (Å²) in [6, 6.07) is 0. The molecule has 0 saturated carbocycles. The molecule has 0 bridgehead atoms. The fourth-order valence-electron chi connectivity index (χ4n) is 6.40. The molecule has 8 atom stereocenters. The summed E-state index contributed by atoms with van der Waals surface area (Å²) in [7, 11) is 0. The van der Waals surface area contributed by atoms with E-state index in [1.807, 2.05) is 0 Å². The molecule has 2 N–H and O–H groups in total. The average molecular weight is 476 g/mol.